The standard InChI is InChI=1S/C13H17ClFN5S/c1-2-5-16-6-7-20-13(17-18-19-20)21-9-10-8-11(14)3-4-12(10)15/h3-4,8,16H,2,5-7,9H2,1H3. The van der Waals surface area contributed by atoms with Gasteiger partial charge in [0.2, 0.25) is 5.16 Å². The molecular weight excluding hydrogens is 313 g/mol. The number of rotatable bonds is 8. The van der Waals surface area contributed by atoms with Gasteiger partial charge in [-0.2, -0.15) is 0 Å². The maximum Gasteiger partial charge on any atom is 0.209 e. The largest absolute Gasteiger partial charge is 0.315 e. The SMILES string of the molecule is CCCNCCn1nnnc1SCc1cc(Cl)ccc1F. The van der Waals surface area contributed by atoms with Gasteiger partial charge in [-0.25, -0.2) is 9.07 Å². The molecule has 0 aliphatic heterocycles. The maximum absolute atomic E-state index is 13.6. The molecule has 1 aromatic heterocycles. The van der Waals surface area contributed by atoms with Gasteiger partial charge in [-0.1, -0.05) is 30.3 Å². The molecule has 8 heteroatoms. The lowest BCUT2D eigenvalue weighted by molar-refractivity contribution is 0.510. The van der Waals surface area contributed by atoms with E-state index >= 15 is 0 Å². The lowest BCUT2D eigenvalue weighted by atomic mass is 10.2. The third kappa shape index (κ3) is 4.94. The second-order valence-electron chi connectivity index (χ2n) is 4.46. The van der Waals surface area contributed by atoms with Crippen molar-refractivity contribution in [1.29, 1.82) is 0 Å². The van der Waals surface area contributed by atoms with Crippen LogP contribution in [0.1, 0.15) is 18.9 Å². The van der Waals surface area contributed by atoms with Crippen LogP contribution in [0.15, 0.2) is 23.4 Å². The summed E-state index contributed by atoms with van der Waals surface area (Å²) in [6, 6.07) is 4.53. The normalized spacial score (nSPS) is 11.0. The van der Waals surface area contributed by atoms with E-state index in [1.165, 1.54) is 23.9 Å². The molecule has 0 amide bonds. The molecule has 0 spiro atoms. The highest BCUT2D eigenvalue weighted by Gasteiger charge is 2.09. The van der Waals surface area contributed by atoms with Crippen LogP contribution in [0.25, 0.3) is 0 Å². The number of hydrogen-bond acceptors (Lipinski definition) is 5. The summed E-state index contributed by atoms with van der Waals surface area (Å²) in [5.41, 5.74) is 0.547. The Balaban J connectivity index is 1.91. The topological polar surface area (TPSA) is 55.6 Å². The Labute approximate surface area is 132 Å². The van der Waals surface area contributed by atoms with Gasteiger partial charge in [0, 0.05) is 17.3 Å². The Bertz CT molecular complexity index is 577. The number of halogens is 2. The lowest BCUT2D eigenvalue weighted by Gasteiger charge is -2.06. The third-order valence-electron chi connectivity index (χ3n) is 2.79. The first kappa shape index (κ1) is 16.2. The number of thioether (sulfide) groups is 1. The van der Waals surface area contributed by atoms with Crippen molar-refractivity contribution >= 4 is 23.4 Å². The van der Waals surface area contributed by atoms with E-state index in [9.17, 15) is 4.39 Å². The fourth-order valence-electron chi connectivity index (χ4n) is 1.72. The van der Waals surface area contributed by atoms with Crippen LogP contribution < -0.4 is 5.32 Å². The van der Waals surface area contributed by atoms with Crippen LogP contribution >= 0.6 is 23.4 Å². The summed E-state index contributed by atoms with van der Waals surface area (Å²) >= 11 is 7.27. The summed E-state index contributed by atoms with van der Waals surface area (Å²) in [6.07, 6.45) is 1.09. The molecule has 5 nitrogen and oxygen atoms in total. The minimum atomic E-state index is -0.268. The van der Waals surface area contributed by atoms with Gasteiger partial charge in [-0.3, -0.25) is 0 Å². The number of hydrogen-bond donors (Lipinski definition) is 1. The molecule has 114 valence electrons. The Morgan fingerprint density at radius 3 is 3.05 bits per heavy atom. The molecule has 21 heavy (non-hydrogen) atoms. The highest BCUT2D eigenvalue weighted by atomic mass is 35.5. The molecule has 1 heterocycles. The van der Waals surface area contributed by atoms with Crippen molar-refractivity contribution in [1.82, 2.24) is 25.5 Å². The van der Waals surface area contributed by atoms with Gasteiger partial charge in [-0.15, -0.1) is 5.10 Å². The lowest BCUT2D eigenvalue weighted by Crippen LogP contribution is -2.21. The quantitative estimate of drug-likeness (QED) is 0.596. The minimum Gasteiger partial charge on any atom is -0.315 e. The first-order valence-corrected chi connectivity index (χ1v) is 8.10. The van der Waals surface area contributed by atoms with Gasteiger partial charge < -0.3 is 5.32 Å². The minimum absolute atomic E-state index is 0.268. The summed E-state index contributed by atoms with van der Waals surface area (Å²) in [4.78, 5) is 0. The summed E-state index contributed by atoms with van der Waals surface area (Å²) in [5.74, 6) is 0.172. The molecular formula is C13H17ClFN5S. The van der Waals surface area contributed by atoms with E-state index in [0.717, 1.165) is 19.5 Å². The van der Waals surface area contributed by atoms with Crippen molar-refractivity contribution in [2.24, 2.45) is 0 Å². The molecule has 0 fully saturated rings. The highest BCUT2D eigenvalue weighted by molar-refractivity contribution is 7.98. The number of benzene rings is 1. The number of tetrazole rings is 1. The third-order valence-corrected chi connectivity index (χ3v) is 4.03. The van der Waals surface area contributed by atoms with Crippen molar-refractivity contribution in [2.75, 3.05) is 13.1 Å². The van der Waals surface area contributed by atoms with Crippen molar-refractivity contribution in [3.05, 3.63) is 34.6 Å². The second-order valence-corrected chi connectivity index (χ2v) is 5.84. The maximum atomic E-state index is 13.6. The van der Waals surface area contributed by atoms with Crippen molar-refractivity contribution in [3.63, 3.8) is 0 Å². The summed E-state index contributed by atoms with van der Waals surface area (Å²) in [6.45, 7) is 4.58. The van der Waals surface area contributed by atoms with Crippen LogP contribution in [0.3, 0.4) is 0 Å². The summed E-state index contributed by atoms with van der Waals surface area (Å²) in [7, 11) is 0. The fourth-order valence-corrected chi connectivity index (χ4v) is 2.79. The van der Waals surface area contributed by atoms with E-state index in [0.29, 0.717) is 28.0 Å². The molecule has 1 N–H and O–H groups in total. The second kappa shape index (κ2) is 8.31. The molecule has 0 bridgehead atoms. The Kier molecular flexibility index (Phi) is 6.41. The number of nitrogens with one attached hydrogen (secondary N) is 1. The van der Waals surface area contributed by atoms with Crippen LogP contribution in [0, 0.1) is 5.82 Å². The monoisotopic (exact) mass is 329 g/mol. The average molecular weight is 330 g/mol. The molecule has 0 saturated heterocycles. The molecule has 0 atom stereocenters. The van der Waals surface area contributed by atoms with Crippen LogP contribution in [0.5, 0.6) is 0 Å². The zero-order valence-electron chi connectivity index (χ0n) is 11.7. The molecule has 0 aliphatic rings. The Hall–Kier alpha value is -1.18. The average Bonchev–Trinajstić information content (AvgIpc) is 2.92. The smallest absolute Gasteiger partial charge is 0.209 e. The predicted molar refractivity (Wildman–Crippen MR) is 81.9 cm³/mol. The van der Waals surface area contributed by atoms with E-state index in [-0.39, 0.29) is 5.82 Å². The van der Waals surface area contributed by atoms with E-state index in [4.69, 9.17) is 11.6 Å². The van der Waals surface area contributed by atoms with Crippen molar-refractivity contribution in [2.45, 2.75) is 30.8 Å². The number of nitrogens with zero attached hydrogens (tertiary/aromatic N) is 4. The molecule has 2 aromatic rings. The first-order chi connectivity index (χ1) is 10.2. The Morgan fingerprint density at radius 2 is 2.24 bits per heavy atom. The van der Waals surface area contributed by atoms with Gasteiger partial charge in [0.05, 0.1) is 6.54 Å². The van der Waals surface area contributed by atoms with E-state index in [1.54, 1.807) is 10.7 Å². The first-order valence-electron chi connectivity index (χ1n) is 6.74. The molecule has 0 unspecified atom stereocenters. The molecule has 0 radical (unpaired) electrons. The zero-order chi connectivity index (χ0) is 15.1. The van der Waals surface area contributed by atoms with Gasteiger partial charge in [0.15, 0.2) is 0 Å². The van der Waals surface area contributed by atoms with E-state index < -0.39 is 0 Å². The van der Waals surface area contributed by atoms with Crippen molar-refractivity contribution in [3.8, 4) is 0 Å². The van der Waals surface area contributed by atoms with Crippen LogP contribution in [-0.2, 0) is 12.3 Å². The molecule has 0 aliphatic carbocycles. The highest BCUT2D eigenvalue weighted by Crippen LogP contribution is 2.23. The van der Waals surface area contributed by atoms with Crippen molar-refractivity contribution < 1.29 is 4.39 Å². The fraction of sp³-hybridized carbons (Fsp3) is 0.462. The van der Waals surface area contributed by atoms with Gasteiger partial charge >= 0.3 is 0 Å². The van der Waals surface area contributed by atoms with Crippen LogP contribution in [0.4, 0.5) is 4.39 Å². The molecule has 0 saturated carbocycles. The molecule has 1 aromatic carbocycles. The van der Waals surface area contributed by atoms with Gasteiger partial charge in [-0.05, 0) is 47.2 Å². The van der Waals surface area contributed by atoms with E-state index in [1.807, 2.05) is 0 Å². The predicted octanol–water partition coefficient (Wildman–Crippen LogP) is 2.76. The van der Waals surface area contributed by atoms with Gasteiger partial charge in [0.1, 0.15) is 5.82 Å². The summed E-state index contributed by atoms with van der Waals surface area (Å²) in [5, 5.41) is 16.1. The van der Waals surface area contributed by atoms with Gasteiger partial charge in [0.25, 0.3) is 0 Å². The van der Waals surface area contributed by atoms with Crippen LogP contribution in [0.2, 0.25) is 5.02 Å². The molecule has 2 rings (SSSR count). The summed E-state index contributed by atoms with van der Waals surface area (Å²) < 4.78 is 15.4. The van der Waals surface area contributed by atoms with Crippen LogP contribution in [-0.4, -0.2) is 33.3 Å². The van der Waals surface area contributed by atoms with E-state index in [2.05, 4.69) is 27.8 Å². The zero-order valence-corrected chi connectivity index (χ0v) is 13.3. The Morgan fingerprint density at radius 1 is 1.38 bits per heavy atom. The number of aromatic nitrogens is 4.